The molecule has 0 aliphatic rings. The molecule has 0 aliphatic carbocycles. The van der Waals surface area contributed by atoms with E-state index in [0.717, 1.165) is 17.7 Å². The van der Waals surface area contributed by atoms with Gasteiger partial charge in [0.15, 0.2) is 6.10 Å². The van der Waals surface area contributed by atoms with Gasteiger partial charge in [-0.05, 0) is 30.7 Å². The average molecular weight is 402 g/mol. The standard InChI is InChI=1S/C21H20F2N2O4/c1-14(21(28)25-18-9-8-16(22)13-17(18)23)29-20(27)11-12-24-19(26)10-7-15-5-3-2-4-6-15/h2-10,13-14H,11-12H2,1H3,(H,24,26)(H,25,28)/b10-7+/t14-/m1/s1. The predicted octanol–water partition coefficient (Wildman–Crippen LogP) is 3.05. The normalized spacial score (nSPS) is 11.7. The van der Waals surface area contributed by atoms with Gasteiger partial charge in [-0.2, -0.15) is 0 Å². The quantitative estimate of drug-likeness (QED) is 0.525. The number of benzene rings is 2. The van der Waals surface area contributed by atoms with Crippen molar-refractivity contribution < 1.29 is 27.9 Å². The van der Waals surface area contributed by atoms with E-state index in [4.69, 9.17) is 4.74 Å². The van der Waals surface area contributed by atoms with Crippen molar-refractivity contribution in [1.82, 2.24) is 5.32 Å². The minimum atomic E-state index is -1.19. The second-order valence-electron chi connectivity index (χ2n) is 6.03. The topological polar surface area (TPSA) is 84.5 Å². The summed E-state index contributed by atoms with van der Waals surface area (Å²) in [5, 5.41) is 4.74. The number of amides is 2. The first-order valence-corrected chi connectivity index (χ1v) is 8.81. The van der Waals surface area contributed by atoms with E-state index in [9.17, 15) is 23.2 Å². The van der Waals surface area contributed by atoms with Crippen LogP contribution in [0.5, 0.6) is 0 Å². The van der Waals surface area contributed by atoms with Gasteiger partial charge >= 0.3 is 5.97 Å². The largest absolute Gasteiger partial charge is 0.452 e. The van der Waals surface area contributed by atoms with Crippen LogP contribution < -0.4 is 10.6 Å². The lowest BCUT2D eigenvalue weighted by atomic mass is 10.2. The van der Waals surface area contributed by atoms with E-state index >= 15 is 0 Å². The van der Waals surface area contributed by atoms with Crippen LogP contribution in [0, 0.1) is 11.6 Å². The molecule has 2 aromatic rings. The molecule has 0 spiro atoms. The van der Waals surface area contributed by atoms with Gasteiger partial charge in [0, 0.05) is 18.7 Å². The highest BCUT2D eigenvalue weighted by Gasteiger charge is 2.19. The summed E-state index contributed by atoms with van der Waals surface area (Å²) in [6.45, 7) is 1.34. The van der Waals surface area contributed by atoms with Gasteiger partial charge in [0.05, 0.1) is 12.1 Å². The van der Waals surface area contributed by atoms with Crippen LogP contribution in [0.3, 0.4) is 0 Å². The first kappa shape index (κ1) is 21.7. The third kappa shape index (κ3) is 7.53. The van der Waals surface area contributed by atoms with Gasteiger partial charge in [0.1, 0.15) is 11.6 Å². The maximum Gasteiger partial charge on any atom is 0.308 e. The number of hydrogen-bond donors (Lipinski definition) is 2. The fourth-order valence-corrected chi connectivity index (χ4v) is 2.22. The third-order valence-electron chi connectivity index (χ3n) is 3.72. The van der Waals surface area contributed by atoms with Crippen molar-refractivity contribution in [2.75, 3.05) is 11.9 Å². The Labute approximate surface area is 166 Å². The Balaban J connectivity index is 1.71. The van der Waals surface area contributed by atoms with Gasteiger partial charge in [0.2, 0.25) is 5.91 Å². The Morgan fingerprint density at radius 2 is 1.83 bits per heavy atom. The number of anilines is 1. The number of rotatable bonds is 8. The first-order valence-electron chi connectivity index (χ1n) is 8.81. The van der Waals surface area contributed by atoms with Gasteiger partial charge < -0.3 is 15.4 Å². The molecule has 0 fully saturated rings. The van der Waals surface area contributed by atoms with Crippen molar-refractivity contribution in [3.63, 3.8) is 0 Å². The van der Waals surface area contributed by atoms with E-state index < -0.39 is 29.6 Å². The number of hydrogen-bond acceptors (Lipinski definition) is 4. The molecule has 2 amide bonds. The molecule has 0 aromatic heterocycles. The van der Waals surface area contributed by atoms with Crippen LogP contribution in [0.2, 0.25) is 0 Å². The molecule has 1 atom stereocenters. The van der Waals surface area contributed by atoms with Crippen molar-refractivity contribution in [3.05, 3.63) is 71.8 Å². The molecule has 152 valence electrons. The molecule has 0 radical (unpaired) electrons. The Morgan fingerprint density at radius 3 is 2.52 bits per heavy atom. The lowest BCUT2D eigenvalue weighted by molar-refractivity contribution is -0.153. The van der Waals surface area contributed by atoms with Crippen LogP contribution in [0.25, 0.3) is 6.08 Å². The van der Waals surface area contributed by atoms with E-state index in [2.05, 4.69) is 10.6 Å². The minimum Gasteiger partial charge on any atom is -0.452 e. The predicted molar refractivity (Wildman–Crippen MR) is 104 cm³/mol. The number of carbonyl (C=O) groups excluding carboxylic acids is 3. The fraction of sp³-hybridized carbons (Fsp3) is 0.190. The zero-order valence-electron chi connectivity index (χ0n) is 15.7. The molecule has 0 unspecified atom stereocenters. The van der Waals surface area contributed by atoms with Crippen molar-refractivity contribution in [2.24, 2.45) is 0 Å². The van der Waals surface area contributed by atoms with Crippen LogP contribution in [0.1, 0.15) is 18.9 Å². The number of nitrogens with one attached hydrogen (secondary N) is 2. The maximum atomic E-state index is 13.5. The molecule has 8 heteroatoms. The molecular formula is C21H20F2N2O4. The van der Waals surface area contributed by atoms with Crippen molar-refractivity contribution >= 4 is 29.5 Å². The SMILES string of the molecule is C[C@@H](OC(=O)CCNC(=O)/C=C/c1ccccc1)C(=O)Nc1ccc(F)cc1F. The van der Waals surface area contributed by atoms with Gasteiger partial charge in [-0.3, -0.25) is 14.4 Å². The molecule has 2 N–H and O–H groups in total. The molecule has 0 saturated carbocycles. The van der Waals surface area contributed by atoms with Gasteiger partial charge in [-0.1, -0.05) is 30.3 Å². The molecule has 2 aromatic carbocycles. The maximum absolute atomic E-state index is 13.5. The monoisotopic (exact) mass is 402 g/mol. The average Bonchev–Trinajstić information content (AvgIpc) is 2.69. The van der Waals surface area contributed by atoms with Gasteiger partial charge in [-0.25, -0.2) is 8.78 Å². The van der Waals surface area contributed by atoms with E-state index in [-0.39, 0.29) is 24.6 Å². The minimum absolute atomic E-state index is 0.0255. The second-order valence-corrected chi connectivity index (χ2v) is 6.03. The number of ether oxygens (including phenoxy) is 1. The summed E-state index contributed by atoms with van der Waals surface area (Å²) >= 11 is 0. The molecular weight excluding hydrogens is 382 g/mol. The van der Waals surface area contributed by atoms with E-state index in [1.807, 2.05) is 30.3 Å². The van der Waals surface area contributed by atoms with Gasteiger partial charge in [0.25, 0.3) is 5.91 Å². The van der Waals surface area contributed by atoms with Crippen molar-refractivity contribution in [3.8, 4) is 0 Å². The number of halogens is 2. The molecule has 0 saturated heterocycles. The van der Waals surface area contributed by atoms with E-state index in [1.165, 1.54) is 13.0 Å². The first-order chi connectivity index (χ1) is 13.8. The summed E-state index contributed by atoms with van der Waals surface area (Å²) in [6.07, 6.45) is 1.64. The molecule has 2 rings (SSSR count). The Morgan fingerprint density at radius 1 is 1.10 bits per heavy atom. The Bertz CT molecular complexity index is 901. The van der Waals surface area contributed by atoms with Crippen molar-refractivity contribution in [2.45, 2.75) is 19.4 Å². The third-order valence-corrected chi connectivity index (χ3v) is 3.72. The summed E-state index contributed by atoms with van der Waals surface area (Å²) < 4.78 is 31.4. The zero-order valence-corrected chi connectivity index (χ0v) is 15.7. The second kappa shape index (κ2) is 10.7. The molecule has 29 heavy (non-hydrogen) atoms. The zero-order chi connectivity index (χ0) is 21.2. The Hall–Kier alpha value is -3.55. The van der Waals surface area contributed by atoms with Crippen LogP contribution in [0.4, 0.5) is 14.5 Å². The van der Waals surface area contributed by atoms with E-state index in [1.54, 1.807) is 6.08 Å². The van der Waals surface area contributed by atoms with E-state index in [0.29, 0.717) is 6.07 Å². The van der Waals surface area contributed by atoms with Crippen LogP contribution in [-0.4, -0.2) is 30.4 Å². The van der Waals surface area contributed by atoms with Crippen LogP contribution >= 0.6 is 0 Å². The summed E-state index contributed by atoms with van der Waals surface area (Å²) in [5.74, 6) is -3.57. The summed E-state index contributed by atoms with van der Waals surface area (Å²) in [7, 11) is 0. The van der Waals surface area contributed by atoms with Crippen molar-refractivity contribution in [1.29, 1.82) is 0 Å². The van der Waals surface area contributed by atoms with Crippen LogP contribution in [-0.2, 0) is 19.1 Å². The highest BCUT2D eigenvalue weighted by atomic mass is 19.1. The van der Waals surface area contributed by atoms with Crippen LogP contribution in [0.15, 0.2) is 54.6 Å². The lowest BCUT2D eigenvalue weighted by Gasteiger charge is -2.14. The number of carbonyl (C=O) groups is 3. The highest BCUT2D eigenvalue weighted by molar-refractivity contribution is 5.95. The molecule has 0 bridgehead atoms. The summed E-state index contributed by atoms with van der Waals surface area (Å²) in [6, 6.07) is 11.9. The smallest absolute Gasteiger partial charge is 0.308 e. The molecule has 6 nitrogen and oxygen atoms in total. The fourth-order valence-electron chi connectivity index (χ4n) is 2.22. The lowest BCUT2D eigenvalue weighted by Crippen LogP contribution is -2.32. The van der Waals surface area contributed by atoms with Gasteiger partial charge in [-0.15, -0.1) is 0 Å². The highest BCUT2D eigenvalue weighted by Crippen LogP contribution is 2.15. The molecule has 0 aliphatic heterocycles. The number of esters is 1. The molecule has 0 heterocycles. The summed E-state index contributed by atoms with van der Waals surface area (Å²) in [4.78, 5) is 35.5. The summed E-state index contributed by atoms with van der Waals surface area (Å²) in [5.41, 5.74) is 0.635. The Kier molecular flexibility index (Phi) is 8.02.